The Labute approximate surface area is 97.2 Å². The van der Waals surface area contributed by atoms with E-state index in [-0.39, 0.29) is 11.5 Å². The molecule has 1 N–H and O–H groups in total. The van der Waals surface area contributed by atoms with Crippen molar-refractivity contribution >= 4 is 0 Å². The van der Waals surface area contributed by atoms with Crippen molar-refractivity contribution in [3.8, 4) is 0 Å². The van der Waals surface area contributed by atoms with Gasteiger partial charge >= 0.3 is 0 Å². The molecule has 1 aliphatic rings. The maximum Gasteiger partial charge on any atom is 0.0341 e. The third kappa shape index (κ3) is 1.91. The van der Waals surface area contributed by atoms with Crippen LogP contribution in [0, 0.1) is 0 Å². The van der Waals surface area contributed by atoms with E-state index in [9.17, 15) is 5.21 Å². The Balaban J connectivity index is 2.34. The van der Waals surface area contributed by atoms with Crippen LogP contribution in [0.15, 0.2) is 43.0 Å². The second kappa shape index (κ2) is 4.40. The summed E-state index contributed by atoms with van der Waals surface area (Å²) in [5, 5.41) is 11.3. The van der Waals surface area contributed by atoms with Crippen molar-refractivity contribution in [2.75, 3.05) is 6.54 Å². The standard InChI is InChI=1S/C14H19NO/c1-3-9-14(10-12(2)15(16)11-14)13-7-5-4-6-8-13/h3-8,12,16H,1,9-11H2,2H3/t12-,14-/m0/s1. The molecule has 1 fully saturated rings. The van der Waals surface area contributed by atoms with E-state index in [0.29, 0.717) is 6.54 Å². The fourth-order valence-electron chi connectivity index (χ4n) is 2.74. The lowest BCUT2D eigenvalue weighted by Gasteiger charge is -2.27. The van der Waals surface area contributed by atoms with Gasteiger partial charge in [0.1, 0.15) is 0 Å². The molecule has 1 aromatic rings. The Bertz CT molecular complexity index is 350. The van der Waals surface area contributed by atoms with Crippen LogP contribution in [0.3, 0.4) is 0 Å². The quantitative estimate of drug-likeness (QED) is 0.787. The Morgan fingerprint density at radius 1 is 1.50 bits per heavy atom. The molecule has 0 aliphatic carbocycles. The van der Waals surface area contributed by atoms with Gasteiger partial charge in [-0.3, -0.25) is 0 Å². The summed E-state index contributed by atoms with van der Waals surface area (Å²) in [5.74, 6) is 0. The van der Waals surface area contributed by atoms with E-state index in [0.717, 1.165) is 12.8 Å². The van der Waals surface area contributed by atoms with Crippen LogP contribution in [0.5, 0.6) is 0 Å². The minimum absolute atomic E-state index is 0.0389. The Hall–Kier alpha value is -1.12. The molecule has 0 unspecified atom stereocenters. The number of rotatable bonds is 3. The highest BCUT2D eigenvalue weighted by Crippen LogP contribution is 2.40. The van der Waals surface area contributed by atoms with Crippen LogP contribution in [0.1, 0.15) is 25.3 Å². The second-order valence-electron chi connectivity index (χ2n) is 4.79. The molecule has 2 heteroatoms. The van der Waals surface area contributed by atoms with Crippen molar-refractivity contribution in [3.05, 3.63) is 48.6 Å². The maximum atomic E-state index is 9.82. The maximum absolute atomic E-state index is 9.82. The highest BCUT2D eigenvalue weighted by atomic mass is 16.5. The van der Waals surface area contributed by atoms with Gasteiger partial charge in [0.2, 0.25) is 0 Å². The second-order valence-corrected chi connectivity index (χ2v) is 4.79. The first-order chi connectivity index (χ1) is 7.68. The number of hydroxylamine groups is 2. The van der Waals surface area contributed by atoms with Crippen molar-refractivity contribution in [2.45, 2.75) is 31.2 Å². The van der Waals surface area contributed by atoms with Crippen molar-refractivity contribution < 1.29 is 5.21 Å². The van der Waals surface area contributed by atoms with E-state index < -0.39 is 0 Å². The first-order valence-corrected chi connectivity index (χ1v) is 5.80. The highest BCUT2D eigenvalue weighted by molar-refractivity contribution is 5.28. The summed E-state index contributed by atoms with van der Waals surface area (Å²) in [6, 6.07) is 10.7. The van der Waals surface area contributed by atoms with Crippen LogP contribution in [0.2, 0.25) is 0 Å². The van der Waals surface area contributed by atoms with Gasteiger partial charge in [-0.25, -0.2) is 0 Å². The topological polar surface area (TPSA) is 23.5 Å². The lowest BCUT2D eigenvalue weighted by atomic mass is 9.76. The van der Waals surface area contributed by atoms with Gasteiger partial charge in [0.05, 0.1) is 0 Å². The molecule has 0 spiro atoms. The number of allylic oxidation sites excluding steroid dienone is 1. The first kappa shape index (κ1) is 11.4. The summed E-state index contributed by atoms with van der Waals surface area (Å²) in [6.45, 7) is 6.61. The van der Waals surface area contributed by atoms with Gasteiger partial charge in [0.25, 0.3) is 0 Å². The third-order valence-electron chi connectivity index (χ3n) is 3.58. The molecule has 1 aromatic carbocycles. The third-order valence-corrected chi connectivity index (χ3v) is 3.58. The van der Waals surface area contributed by atoms with Crippen LogP contribution >= 0.6 is 0 Å². The summed E-state index contributed by atoms with van der Waals surface area (Å²) >= 11 is 0. The average Bonchev–Trinajstić information content (AvgIpc) is 2.57. The van der Waals surface area contributed by atoms with Crippen molar-refractivity contribution in [1.82, 2.24) is 5.06 Å². The Kier molecular flexibility index (Phi) is 3.13. The largest absolute Gasteiger partial charge is 0.314 e. The number of benzene rings is 1. The van der Waals surface area contributed by atoms with Crippen LogP contribution < -0.4 is 0 Å². The number of hydrogen-bond donors (Lipinski definition) is 1. The Morgan fingerprint density at radius 3 is 2.69 bits per heavy atom. The number of hydrogen-bond acceptors (Lipinski definition) is 2. The fourth-order valence-corrected chi connectivity index (χ4v) is 2.74. The number of nitrogens with zero attached hydrogens (tertiary/aromatic N) is 1. The minimum Gasteiger partial charge on any atom is -0.314 e. The lowest BCUT2D eigenvalue weighted by Crippen LogP contribution is -2.29. The smallest absolute Gasteiger partial charge is 0.0341 e. The zero-order valence-corrected chi connectivity index (χ0v) is 9.76. The van der Waals surface area contributed by atoms with Gasteiger partial charge in [-0.1, -0.05) is 36.4 Å². The zero-order valence-electron chi connectivity index (χ0n) is 9.76. The predicted octanol–water partition coefficient (Wildman–Crippen LogP) is 2.98. The van der Waals surface area contributed by atoms with Gasteiger partial charge in [-0.05, 0) is 25.3 Å². The SMILES string of the molecule is C=CC[C@]1(c2ccccc2)C[C@H](C)N(O)C1. The molecular weight excluding hydrogens is 198 g/mol. The van der Waals surface area contributed by atoms with Gasteiger partial charge in [0, 0.05) is 18.0 Å². The summed E-state index contributed by atoms with van der Waals surface area (Å²) in [4.78, 5) is 0. The summed E-state index contributed by atoms with van der Waals surface area (Å²) in [7, 11) is 0. The molecular formula is C14H19NO. The molecule has 2 atom stereocenters. The van der Waals surface area contributed by atoms with E-state index in [2.05, 4.69) is 37.8 Å². The molecule has 2 rings (SSSR count). The normalized spacial score (nSPS) is 30.5. The highest BCUT2D eigenvalue weighted by Gasteiger charge is 2.42. The molecule has 86 valence electrons. The molecule has 16 heavy (non-hydrogen) atoms. The molecule has 0 saturated carbocycles. The Morgan fingerprint density at radius 2 is 2.19 bits per heavy atom. The molecule has 2 nitrogen and oxygen atoms in total. The molecule has 0 bridgehead atoms. The van der Waals surface area contributed by atoms with Crippen molar-refractivity contribution in [2.24, 2.45) is 0 Å². The summed E-state index contributed by atoms with van der Waals surface area (Å²) in [6.07, 6.45) is 3.86. The molecule has 1 heterocycles. The van der Waals surface area contributed by atoms with E-state index >= 15 is 0 Å². The van der Waals surface area contributed by atoms with Gasteiger partial charge < -0.3 is 5.21 Å². The van der Waals surface area contributed by atoms with E-state index in [1.807, 2.05) is 12.1 Å². The molecule has 1 aliphatic heterocycles. The van der Waals surface area contributed by atoms with Crippen molar-refractivity contribution in [3.63, 3.8) is 0 Å². The lowest BCUT2D eigenvalue weighted by molar-refractivity contribution is -0.100. The monoisotopic (exact) mass is 217 g/mol. The molecule has 1 saturated heterocycles. The molecule has 0 radical (unpaired) electrons. The fraction of sp³-hybridized carbons (Fsp3) is 0.429. The van der Waals surface area contributed by atoms with Crippen LogP contribution in [-0.2, 0) is 5.41 Å². The van der Waals surface area contributed by atoms with Gasteiger partial charge in [0.15, 0.2) is 0 Å². The van der Waals surface area contributed by atoms with Crippen LogP contribution in [0.4, 0.5) is 0 Å². The van der Waals surface area contributed by atoms with E-state index in [1.54, 1.807) is 0 Å². The minimum atomic E-state index is 0.0389. The predicted molar refractivity (Wildman–Crippen MR) is 65.5 cm³/mol. The van der Waals surface area contributed by atoms with Gasteiger partial charge in [-0.2, -0.15) is 5.06 Å². The van der Waals surface area contributed by atoms with Crippen LogP contribution in [-0.4, -0.2) is 22.9 Å². The zero-order chi connectivity index (χ0) is 11.6. The molecule has 0 aromatic heterocycles. The van der Waals surface area contributed by atoms with Crippen LogP contribution in [0.25, 0.3) is 0 Å². The van der Waals surface area contributed by atoms with E-state index in [4.69, 9.17) is 0 Å². The summed E-state index contributed by atoms with van der Waals surface area (Å²) < 4.78 is 0. The first-order valence-electron chi connectivity index (χ1n) is 5.80. The van der Waals surface area contributed by atoms with Crippen molar-refractivity contribution in [1.29, 1.82) is 0 Å². The van der Waals surface area contributed by atoms with Gasteiger partial charge in [-0.15, -0.1) is 6.58 Å². The average molecular weight is 217 g/mol. The summed E-state index contributed by atoms with van der Waals surface area (Å²) in [5.41, 5.74) is 1.34. The molecule has 0 amide bonds. The van der Waals surface area contributed by atoms with E-state index in [1.165, 1.54) is 10.6 Å².